The normalized spacial score (nSPS) is 11.1. The Labute approximate surface area is 93.9 Å². The van der Waals surface area contributed by atoms with Gasteiger partial charge in [0.1, 0.15) is 10.7 Å². The van der Waals surface area contributed by atoms with Crippen LogP contribution in [-0.4, -0.2) is 20.7 Å². The monoisotopic (exact) mass is 229 g/mol. The van der Waals surface area contributed by atoms with Gasteiger partial charge in [0.2, 0.25) is 0 Å². The van der Waals surface area contributed by atoms with Gasteiger partial charge in [0.15, 0.2) is 0 Å². The second-order valence-corrected chi connectivity index (χ2v) is 4.81. The van der Waals surface area contributed by atoms with Gasteiger partial charge in [-0.15, -0.1) is 5.10 Å². The third-order valence-corrected chi connectivity index (χ3v) is 1.86. The number of hydrogen-bond donors (Lipinski definition) is 1. The van der Waals surface area contributed by atoms with Crippen LogP contribution in [-0.2, 0) is 0 Å². The van der Waals surface area contributed by atoms with Crippen LogP contribution in [0.2, 0.25) is 5.02 Å². The van der Waals surface area contributed by atoms with Crippen molar-refractivity contribution in [2.24, 2.45) is 0 Å². The Morgan fingerprint density at radius 1 is 1.50 bits per heavy atom. The van der Waals surface area contributed by atoms with E-state index in [1.807, 2.05) is 20.8 Å². The summed E-state index contributed by atoms with van der Waals surface area (Å²) in [5.41, 5.74) is 0.517. The molecule has 0 spiro atoms. The highest BCUT2D eigenvalue weighted by molar-refractivity contribution is 7.80. The molecule has 0 atom stereocenters. The predicted molar refractivity (Wildman–Crippen MR) is 61.6 cm³/mol. The van der Waals surface area contributed by atoms with Crippen LogP contribution >= 0.6 is 23.8 Å². The Bertz CT molecular complexity index is 346. The molecule has 0 aliphatic heterocycles. The van der Waals surface area contributed by atoms with E-state index in [4.69, 9.17) is 23.8 Å². The van der Waals surface area contributed by atoms with Crippen molar-refractivity contribution in [1.82, 2.24) is 15.5 Å². The number of thiocarbonyl (C=S) groups is 1. The molecule has 1 N–H and O–H groups in total. The highest BCUT2D eigenvalue weighted by Crippen LogP contribution is 2.08. The van der Waals surface area contributed by atoms with E-state index in [0.29, 0.717) is 15.7 Å². The minimum atomic E-state index is -0.0823. The van der Waals surface area contributed by atoms with Gasteiger partial charge in [-0.3, -0.25) is 0 Å². The van der Waals surface area contributed by atoms with Crippen LogP contribution in [0.1, 0.15) is 26.5 Å². The van der Waals surface area contributed by atoms with Gasteiger partial charge < -0.3 is 5.32 Å². The second kappa shape index (κ2) is 4.19. The molecule has 0 bridgehead atoms. The van der Waals surface area contributed by atoms with Crippen molar-refractivity contribution in [1.29, 1.82) is 0 Å². The van der Waals surface area contributed by atoms with E-state index in [2.05, 4.69) is 15.5 Å². The molecule has 0 aliphatic carbocycles. The Hall–Kier alpha value is -0.740. The fraction of sp³-hybridized carbons (Fsp3) is 0.444. The zero-order valence-corrected chi connectivity index (χ0v) is 9.91. The van der Waals surface area contributed by atoms with Crippen LogP contribution in [0.4, 0.5) is 0 Å². The summed E-state index contributed by atoms with van der Waals surface area (Å²) in [6.45, 7) is 6.08. The van der Waals surface area contributed by atoms with Crippen LogP contribution in [0.15, 0.2) is 12.3 Å². The van der Waals surface area contributed by atoms with Crippen molar-refractivity contribution in [2.45, 2.75) is 26.3 Å². The maximum absolute atomic E-state index is 5.77. The second-order valence-electron chi connectivity index (χ2n) is 3.96. The van der Waals surface area contributed by atoms with Gasteiger partial charge in [-0.25, -0.2) is 0 Å². The van der Waals surface area contributed by atoms with Crippen LogP contribution in [0, 0.1) is 0 Å². The first-order valence-corrected chi connectivity index (χ1v) is 4.98. The van der Waals surface area contributed by atoms with E-state index < -0.39 is 0 Å². The summed E-state index contributed by atoms with van der Waals surface area (Å²) in [4.78, 5) is 0.563. The minimum absolute atomic E-state index is 0.0823. The number of nitrogens with zero attached hydrogens (tertiary/aromatic N) is 2. The van der Waals surface area contributed by atoms with Gasteiger partial charge in [0.25, 0.3) is 0 Å². The fourth-order valence-corrected chi connectivity index (χ4v) is 1.41. The zero-order valence-electron chi connectivity index (χ0n) is 8.34. The average Bonchev–Trinajstić information content (AvgIpc) is 2.01. The molecule has 3 nitrogen and oxygen atoms in total. The molecule has 0 radical (unpaired) electrons. The highest BCUT2D eigenvalue weighted by atomic mass is 35.5. The summed E-state index contributed by atoms with van der Waals surface area (Å²) in [7, 11) is 0. The molecule has 5 heteroatoms. The number of aromatic nitrogens is 2. The molecule has 1 aromatic heterocycles. The molecule has 0 saturated carbocycles. The van der Waals surface area contributed by atoms with Gasteiger partial charge in [-0.1, -0.05) is 23.8 Å². The molecule has 0 unspecified atom stereocenters. The van der Waals surface area contributed by atoms with E-state index in [1.54, 1.807) is 6.07 Å². The average molecular weight is 230 g/mol. The maximum atomic E-state index is 5.77. The summed E-state index contributed by atoms with van der Waals surface area (Å²) in [6, 6.07) is 1.69. The van der Waals surface area contributed by atoms with Crippen LogP contribution in [0.5, 0.6) is 0 Å². The molecule has 0 saturated heterocycles. The number of hydrogen-bond acceptors (Lipinski definition) is 3. The van der Waals surface area contributed by atoms with Gasteiger partial charge in [-0.2, -0.15) is 5.10 Å². The summed E-state index contributed by atoms with van der Waals surface area (Å²) < 4.78 is 0. The lowest BCUT2D eigenvalue weighted by Crippen LogP contribution is -2.40. The lowest BCUT2D eigenvalue weighted by Gasteiger charge is -2.21. The van der Waals surface area contributed by atoms with Crippen LogP contribution < -0.4 is 5.32 Å². The predicted octanol–water partition coefficient (Wildman–Crippen LogP) is 2.19. The van der Waals surface area contributed by atoms with Crippen LogP contribution in [0.3, 0.4) is 0 Å². The fourth-order valence-electron chi connectivity index (χ4n) is 0.859. The Balaban J connectivity index is 2.80. The lowest BCUT2D eigenvalue weighted by atomic mass is 10.1. The molecule has 76 valence electrons. The summed E-state index contributed by atoms with van der Waals surface area (Å²) in [6.07, 6.45) is 1.48. The van der Waals surface area contributed by atoms with Crippen molar-refractivity contribution in [3.8, 4) is 0 Å². The quantitative estimate of drug-likeness (QED) is 0.750. The summed E-state index contributed by atoms with van der Waals surface area (Å²) in [5.74, 6) is 0. The van der Waals surface area contributed by atoms with E-state index in [-0.39, 0.29) is 5.54 Å². The Morgan fingerprint density at radius 3 is 2.64 bits per heavy atom. The van der Waals surface area contributed by atoms with Gasteiger partial charge >= 0.3 is 0 Å². The van der Waals surface area contributed by atoms with Gasteiger partial charge in [0.05, 0.1) is 11.2 Å². The first-order valence-electron chi connectivity index (χ1n) is 4.19. The molecule has 0 fully saturated rings. The number of nitrogens with one attached hydrogen (secondary N) is 1. The highest BCUT2D eigenvalue weighted by Gasteiger charge is 2.13. The topological polar surface area (TPSA) is 37.8 Å². The first kappa shape index (κ1) is 11.3. The summed E-state index contributed by atoms with van der Waals surface area (Å²) in [5, 5.41) is 11.3. The third-order valence-electron chi connectivity index (χ3n) is 1.34. The molecule has 0 amide bonds. The molecular formula is C9H12ClN3S. The smallest absolute Gasteiger partial charge is 0.127 e. The third kappa shape index (κ3) is 3.55. The van der Waals surface area contributed by atoms with E-state index in [1.165, 1.54) is 6.20 Å². The van der Waals surface area contributed by atoms with E-state index in [0.717, 1.165) is 0 Å². The molecule has 1 aromatic rings. The van der Waals surface area contributed by atoms with Gasteiger partial charge in [0, 0.05) is 5.54 Å². The zero-order chi connectivity index (χ0) is 10.8. The standard InChI is InChI=1S/C9H12ClN3S/c1-9(2,3)12-8(14)7-4-6(10)5-11-13-7/h4-5H,1-3H3,(H,12,14). The molecule has 0 aromatic carbocycles. The Kier molecular flexibility index (Phi) is 3.39. The molecule has 1 heterocycles. The van der Waals surface area contributed by atoms with Crippen molar-refractivity contribution in [3.63, 3.8) is 0 Å². The van der Waals surface area contributed by atoms with E-state index >= 15 is 0 Å². The van der Waals surface area contributed by atoms with Crippen LogP contribution in [0.25, 0.3) is 0 Å². The summed E-state index contributed by atoms with van der Waals surface area (Å²) >= 11 is 10.9. The van der Waals surface area contributed by atoms with Crippen molar-refractivity contribution >= 4 is 28.8 Å². The van der Waals surface area contributed by atoms with Crippen molar-refractivity contribution < 1.29 is 0 Å². The largest absolute Gasteiger partial charge is 0.370 e. The molecule has 0 aliphatic rings. The van der Waals surface area contributed by atoms with E-state index in [9.17, 15) is 0 Å². The van der Waals surface area contributed by atoms with Gasteiger partial charge in [-0.05, 0) is 26.8 Å². The number of halogens is 1. The maximum Gasteiger partial charge on any atom is 0.127 e. The molecule has 1 rings (SSSR count). The van der Waals surface area contributed by atoms with Crippen molar-refractivity contribution in [3.05, 3.63) is 23.0 Å². The SMILES string of the molecule is CC(C)(C)NC(=S)c1cc(Cl)cnn1. The minimum Gasteiger partial charge on any atom is -0.370 e. The van der Waals surface area contributed by atoms with Crippen molar-refractivity contribution in [2.75, 3.05) is 0 Å². The molecular weight excluding hydrogens is 218 g/mol. The Morgan fingerprint density at radius 2 is 2.14 bits per heavy atom. The molecule has 14 heavy (non-hydrogen) atoms. The first-order chi connectivity index (χ1) is 6.38. The lowest BCUT2D eigenvalue weighted by molar-refractivity contribution is 0.515. The number of rotatable bonds is 1.